The molecule has 8 heteroatoms. The number of thiophene rings is 1. The molecule has 0 amide bonds. The zero-order valence-corrected chi connectivity index (χ0v) is 17.4. The number of nitrogens with one attached hydrogen (secondary N) is 2. The number of fused-ring (bicyclic) bond motifs is 3. The summed E-state index contributed by atoms with van der Waals surface area (Å²) in [5.74, 6) is 0.250. The summed E-state index contributed by atoms with van der Waals surface area (Å²) in [7, 11) is -2.98. The van der Waals surface area contributed by atoms with Gasteiger partial charge in [0.05, 0.1) is 5.75 Å². The highest BCUT2D eigenvalue weighted by atomic mass is 32.2. The minimum absolute atomic E-state index is 0.101. The average Bonchev–Trinajstić information content (AvgIpc) is 3.16. The van der Waals surface area contributed by atoms with Gasteiger partial charge in [0, 0.05) is 41.2 Å². The largest absolute Gasteiger partial charge is 0.507 e. The van der Waals surface area contributed by atoms with E-state index in [-0.39, 0.29) is 17.1 Å². The van der Waals surface area contributed by atoms with Crippen LogP contribution in [-0.2, 0) is 16.4 Å². The Kier molecular flexibility index (Phi) is 5.16. The van der Waals surface area contributed by atoms with Crippen molar-refractivity contribution < 1.29 is 13.5 Å². The average molecular weight is 429 g/mol. The number of aromatic amines is 1. The van der Waals surface area contributed by atoms with Crippen molar-refractivity contribution >= 4 is 42.2 Å². The Balaban J connectivity index is 1.69. The molecule has 2 aromatic heterocycles. The number of phenolic OH excluding ortho intramolecular Hbond substituents is 1. The molecule has 150 valence electrons. The number of hydrogen-bond acceptors (Lipinski definition) is 6. The van der Waals surface area contributed by atoms with Crippen molar-refractivity contribution in [1.29, 1.82) is 0 Å². The van der Waals surface area contributed by atoms with E-state index >= 15 is 0 Å². The summed E-state index contributed by atoms with van der Waals surface area (Å²) in [6.07, 6.45) is 1.22. The van der Waals surface area contributed by atoms with Gasteiger partial charge in [0.1, 0.15) is 20.3 Å². The van der Waals surface area contributed by atoms with Gasteiger partial charge in [-0.3, -0.25) is 4.79 Å². The maximum atomic E-state index is 12.3. The first-order valence-electron chi connectivity index (χ1n) is 9.06. The normalized spacial score (nSPS) is 12.0. The van der Waals surface area contributed by atoms with E-state index in [0.29, 0.717) is 28.9 Å². The molecule has 0 radical (unpaired) electrons. The van der Waals surface area contributed by atoms with Gasteiger partial charge in [-0.25, -0.2) is 8.42 Å². The Labute approximate surface area is 171 Å². The standard InChI is InChI=1S/C21H20N2O4S2/c1-29(26,27)11-9-22-12-13-2-4-14(5-3-13)18-17(24)7-6-16-19(18)15-8-10-28-20(15)21(25)23-16/h2-8,10,22,24H,9,11-12H2,1H3,(H,23,25). The summed E-state index contributed by atoms with van der Waals surface area (Å²) in [6, 6.07) is 12.9. The number of aromatic hydroxyl groups is 1. The monoisotopic (exact) mass is 428 g/mol. The summed E-state index contributed by atoms with van der Waals surface area (Å²) in [6.45, 7) is 0.952. The van der Waals surface area contributed by atoms with E-state index < -0.39 is 9.84 Å². The van der Waals surface area contributed by atoms with Crippen molar-refractivity contribution in [2.45, 2.75) is 6.54 Å². The number of rotatable bonds is 6. The summed E-state index contributed by atoms with van der Waals surface area (Å²) in [4.78, 5) is 15.2. The highest BCUT2D eigenvalue weighted by Crippen LogP contribution is 2.39. The van der Waals surface area contributed by atoms with E-state index in [2.05, 4.69) is 10.3 Å². The fraction of sp³-hybridized carbons (Fsp3) is 0.190. The lowest BCUT2D eigenvalue weighted by atomic mass is 9.96. The molecule has 2 aromatic carbocycles. The Bertz CT molecular complexity index is 1350. The maximum Gasteiger partial charge on any atom is 0.266 e. The van der Waals surface area contributed by atoms with Crippen molar-refractivity contribution in [3.63, 3.8) is 0 Å². The quantitative estimate of drug-likeness (QED) is 0.410. The lowest BCUT2D eigenvalue weighted by Gasteiger charge is -2.12. The molecule has 0 saturated carbocycles. The van der Waals surface area contributed by atoms with Crippen LogP contribution in [0.1, 0.15) is 5.56 Å². The number of hydrogen-bond donors (Lipinski definition) is 3. The highest BCUT2D eigenvalue weighted by molar-refractivity contribution is 7.90. The van der Waals surface area contributed by atoms with Gasteiger partial charge < -0.3 is 15.4 Å². The molecule has 29 heavy (non-hydrogen) atoms. The molecule has 0 aliphatic rings. The molecule has 0 unspecified atom stereocenters. The fourth-order valence-electron chi connectivity index (χ4n) is 3.41. The first-order valence-corrected chi connectivity index (χ1v) is 12.0. The van der Waals surface area contributed by atoms with Gasteiger partial charge in [-0.05, 0) is 34.7 Å². The van der Waals surface area contributed by atoms with E-state index in [1.54, 1.807) is 12.1 Å². The van der Waals surface area contributed by atoms with Crippen LogP contribution in [0.5, 0.6) is 5.75 Å². The molecule has 0 saturated heterocycles. The van der Waals surface area contributed by atoms with E-state index in [9.17, 15) is 18.3 Å². The molecule has 2 heterocycles. The molecule has 3 N–H and O–H groups in total. The molecule has 0 atom stereocenters. The van der Waals surface area contributed by atoms with E-state index in [1.807, 2.05) is 35.7 Å². The molecule has 0 spiro atoms. The lowest BCUT2D eigenvalue weighted by Crippen LogP contribution is -2.21. The first kappa shape index (κ1) is 19.6. The molecule has 0 bridgehead atoms. The number of sulfone groups is 1. The third kappa shape index (κ3) is 4.05. The minimum Gasteiger partial charge on any atom is -0.507 e. The smallest absolute Gasteiger partial charge is 0.266 e. The minimum atomic E-state index is -2.98. The predicted molar refractivity (Wildman–Crippen MR) is 118 cm³/mol. The summed E-state index contributed by atoms with van der Waals surface area (Å²) in [5.41, 5.74) is 3.08. The second-order valence-electron chi connectivity index (χ2n) is 7.00. The Morgan fingerprint density at radius 3 is 2.59 bits per heavy atom. The van der Waals surface area contributed by atoms with Gasteiger partial charge in [-0.15, -0.1) is 11.3 Å². The van der Waals surface area contributed by atoms with E-state index in [4.69, 9.17) is 0 Å². The molecule has 0 aliphatic heterocycles. The van der Waals surface area contributed by atoms with Crippen LogP contribution in [0.4, 0.5) is 0 Å². The topological polar surface area (TPSA) is 99.3 Å². The highest BCUT2D eigenvalue weighted by Gasteiger charge is 2.15. The third-order valence-electron chi connectivity index (χ3n) is 4.79. The zero-order chi connectivity index (χ0) is 20.6. The van der Waals surface area contributed by atoms with Crippen LogP contribution in [0.25, 0.3) is 32.1 Å². The third-order valence-corrected chi connectivity index (χ3v) is 6.65. The van der Waals surface area contributed by atoms with Crippen LogP contribution in [-0.4, -0.2) is 37.1 Å². The Hall–Kier alpha value is -2.68. The van der Waals surface area contributed by atoms with E-state index in [1.165, 1.54) is 17.6 Å². The second kappa shape index (κ2) is 7.62. The van der Waals surface area contributed by atoms with Crippen molar-refractivity contribution in [3.05, 3.63) is 63.8 Å². The maximum absolute atomic E-state index is 12.3. The van der Waals surface area contributed by atoms with Crippen LogP contribution < -0.4 is 10.9 Å². The summed E-state index contributed by atoms with van der Waals surface area (Å²) in [5, 5.41) is 17.2. The SMILES string of the molecule is CS(=O)(=O)CCNCc1ccc(-c2c(O)ccc3[nH]c(=O)c4sccc4c23)cc1. The molecule has 6 nitrogen and oxygen atoms in total. The zero-order valence-electron chi connectivity index (χ0n) is 15.7. The van der Waals surface area contributed by atoms with Crippen molar-refractivity contribution in [2.24, 2.45) is 0 Å². The van der Waals surface area contributed by atoms with Crippen molar-refractivity contribution in [3.8, 4) is 16.9 Å². The molecule has 4 aromatic rings. The molecular formula is C21H20N2O4S2. The molecular weight excluding hydrogens is 408 g/mol. The van der Waals surface area contributed by atoms with Crippen molar-refractivity contribution in [1.82, 2.24) is 10.3 Å². The van der Waals surface area contributed by atoms with E-state index in [0.717, 1.165) is 21.9 Å². The number of H-pyrrole nitrogens is 1. The Morgan fingerprint density at radius 2 is 1.86 bits per heavy atom. The van der Waals surface area contributed by atoms with Gasteiger partial charge in [-0.1, -0.05) is 24.3 Å². The van der Waals surface area contributed by atoms with Crippen LogP contribution in [0.2, 0.25) is 0 Å². The summed E-state index contributed by atoms with van der Waals surface area (Å²) >= 11 is 1.38. The molecule has 4 rings (SSSR count). The number of phenols is 1. The van der Waals surface area contributed by atoms with Crippen LogP contribution in [0, 0.1) is 0 Å². The van der Waals surface area contributed by atoms with Crippen LogP contribution in [0.3, 0.4) is 0 Å². The second-order valence-corrected chi connectivity index (χ2v) is 10.2. The van der Waals surface area contributed by atoms with Gasteiger partial charge in [0.2, 0.25) is 0 Å². The van der Waals surface area contributed by atoms with Gasteiger partial charge in [-0.2, -0.15) is 0 Å². The van der Waals surface area contributed by atoms with Gasteiger partial charge in [0.25, 0.3) is 5.56 Å². The fourth-order valence-corrected chi connectivity index (χ4v) is 4.72. The van der Waals surface area contributed by atoms with Crippen molar-refractivity contribution in [2.75, 3.05) is 18.6 Å². The number of pyridine rings is 1. The molecule has 0 aliphatic carbocycles. The predicted octanol–water partition coefficient (Wildman–Crippen LogP) is 3.25. The number of benzene rings is 2. The Morgan fingerprint density at radius 1 is 1.10 bits per heavy atom. The van der Waals surface area contributed by atoms with Crippen LogP contribution in [0.15, 0.2) is 52.6 Å². The summed E-state index contributed by atoms with van der Waals surface area (Å²) < 4.78 is 23.0. The molecule has 0 fully saturated rings. The first-order chi connectivity index (χ1) is 13.8. The number of aromatic nitrogens is 1. The van der Waals surface area contributed by atoms with Gasteiger partial charge >= 0.3 is 0 Å². The van der Waals surface area contributed by atoms with Crippen LogP contribution >= 0.6 is 11.3 Å². The van der Waals surface area contributed by atoms with Gasteiger partial charge in [0.15, 0.2) is 0 Å². The lowest BCUT2D eigenvalue weighted by molar-refractivity contribution is 0.478.